The molecule has 0 aromatic heterocycles. The Morgan fingerprint density at radius 3 is 2.28 bits per heavy atom. The summed E-state index contributed by atoms with van der Waals surface area (Å²) < 4.78 is 27.9. The van der Waals surface area contributed by atoms with Crippen molar-refractivity contribution >= 4 is 31.9 Å². The summed E-state index contributed by atoms with van der Waals surface area (Å²) in [5, 5.41) is 3.07. The Balaban J connectivity index is 1.53. The summed E-state index contributed by atoms with van der Waals surface area (Å²) in [6.07, 6.45) is 1.10. The quantitative estimate of drug-likeness (QED) is 0.676. The topological polar surface area (TPSA) is 66.5 Å². The van der Waals surface area contributed by atoms with Crippen molar-refractivity contribution in [1.29, 1.82) is 0 Å². The molecule has 0 spiro atoms. The molecule has 2 aromatic carbocycles. The maximum absolute atomic E-state index is 12.7. The predicted molar refractivity (Wildman–Crippen MR) is 119 cm³/mol. The van der Waals surface area contributed by atoms with Crippen LogP contribution in [0.4, 0.5) is 0 Å². The molecular weight excluding hydrogens is 452 g/mol. The van der Waals surface area contributed by atoms with Gasteiger partial charge in [-0.15, -0.1) is 0 Å². The second kappa shape index (κ2) is 9.41. The molecule has 29 heavy (non-hydrogen) atoms. The van der Waals surface area contributed by atoms with Crippen LogP contribution in [0.2, 0.25) is 0 Å². The van der Waals surface area contributed by atoms with Gasteiger partial charge >= 0.3 is 0 Å². The molecule has 0 radical (unpaired) electrons. The smallest absolute Gasteiger partial charge is 0.223 e. The fraction of sp³-hybridized carbons (Fsp3) is 0.409. The Labute approximate surface area is 181 Å². The van der Waals surface area contributed by atoms with E-state index in [1.54, 1.807) is 0 Å². The van der Waals surface area contributed by atoms with Gasteiger partial charge in [-0.2, -0.15) is 0 Å². The predicted octanol–water partition coefficient (Wildman–Crippen LogP) is 4.18. The van der Waals surface area contributed by atoms with Gasteiger partial charge in [0.2, 0.25) is 15.9 Å². The Morgan fingerprint density at radius 2 is 1.69 bits per heavy atom. The first-order valence-corrected chi connectivity index (χ1v) is 12.2. The van der Waals surface area contributed by atoms with E-state index in [4.69, 9.17) is 0 Å². The summed E-state index contributed by atoms with van der Waals surface area (Å²) in [7, 11) is -3.38. The largest absolute Gasteiger partial charge is 0.349 e. The number of benzene rings is 2. The lowest BCUT2D eigenvalue weighted by Gasteiger charge is -2.31. The molecule has 0 bridgehead atoms. The van der Waals surface area contributed by atoms with Gasteiger partial charge in [-0.3, -0.25) is 4.79 Å². The van der Waals surface area contributed by atoms with Crippen LogP contribution in [0, 0.1) is 12.8 Å². The van der Waals surface area contributed by atoms with Crippen LogP contribution in [-0.4, -0.2) is 31.7 Å². The average molecular weight is 479 g/mol. The lowest BCUT2D eigenvalue weighted by Crippen LogP contribution is -2.43. The molecule has 1 N–H and O–H groups in total. The maximum atomic E-state index is 12.7. The molecule has 1 heterocycles. The molecule has 2 aromatic rings. The fourth-order valence-corrected chi connectivity index (χ4v) is 5.38. The van der Waals surface area contributed by atoms with Crippen molar-refractivity contribution in [2.45, 2.75) is 38.5 Å². The van der Waals surface area contributed by atoms with Gasteiger partial charge in [0, 0.05) is 23.5 Å². The van der Waals surface area contributed by atoms with E-state index in [0.29, 0.717) is 25.9 Å². The molecule has 7 heteroatoms. The number of carbonyl (C=O) groups excluding carboxylic acids is 1. The molecular formula is C22H27BrN2O3S. The molecule has 156 valence electrons. The molecule has 1 saturated heterocycles. The van der Waals surface area contributed by atoms with Gasteiger partial charge in [-0.1, -0.05) is 57.9 Å². The Hall–Kier alpha value is -1.70. The highest BCUT2D eigenvalue weighted by molar-refractivity contribution is 9.10. The molecule has 1 atom stereocenters. The first-order chi connectivity index (χ1) is 13.7. The van der Waals surface area contributed by atoms with E-state index >= 15 is 0 Å². The van der Waals surface area contributed by atoms with Crippen molar-refractivity contribution in [3.05, 3.63) is 69.7 Å². The Morgan fingerprint density at radius 1 is 1.10 bits per heavy atom. The van der Waals surface area contributed by atoms with Crippen molar-refractivity contribution in [2.24, 2.45) is 5.92 Å². The summed E-state index contributed by atoms with van der Waals surface area (Å²) in [5.41, 5.74) is 3.02. The normalized spacial score (nSPS) is 17.1. The number of hydrogen-bond acceptors (Lipinski definition) is 3. The molecule has 1 aliphatic rings. The van der Waals surface area contributed by atoms with Crippen molar-refractivity contribution in [3.8, 4) is 0 Å². The van der Waals surface area contributed by atoms with Crippen LogP contribution in [0.25, 0.3) is 0 Å². The molecule has 5 nitrogen and oxygen atoms in total. The summed E-state index contributed by atoms with van der Waals surface area (Å²) >= 11 is 3.36. The number of aryl methyl sites for hydroxylation is 1. The number of carbonyl (C=O) groups is 1. The number of sulfonamides is 1. The minimum absolute atomic E-state index is 0.00281. The zero-order chi connectivity index (χ0) is 21.0. The summed E-state index contributed by atoms with van der Waals surface area (Å²) in [6, 6.07) is 15.4. The van der Waals surface area contributed by atoms with E-state index in [1.165, 1.54) is 9.87 Å². The van der Waals surface area contributed by atoms with Crippen LogP contribution in [0.5, 0.6) is 0 Å². The van der Waals surface area contributed by atoms with Gasteiger partial charge in [-0.05, 0) is 49.9 Å². The standard InChI is InChI=1S/C22H27BrN2O3S/c1-16-3-7-19(8-4-16)17(2)24-22(26)20-11-13-25(14-12-20)29(27,28)15-18-5-9-21(23)10-6-18/h3-10,17,20H,11-15H2,1-2H3,(H,24,26)/t17-/m0/s1. The molecule has 1 amide bonds. The summed E-state index contributed by atoms with van der Waals surface area (Å²) in [5.74, 6) is -0.160. The maximum Gasteiger partial charge on any atom is 0.223 e. The van der Waals surface area contributed by atoms with Crippen LogP contribution < -0.4 is 5.32 Å². The average Bonchev–Trinajstić information content (AvgIpc) is 2.70. The number of rotatable bonds is 6. The zero-order valence-corrected chi connectivity index (χ0v) is 19.2. The summed E-state index contributed by atoms with van der Waals surface area (Å²) in [4.78, 5) is 12.6. The van der Waals surface area contributed by atoms with Gasteiger partial charge in [0.25, 0.3) is 0 Å². The van der Waals surface area contributed by atoms with Crippen molar-refractivity contribution in [1.82, 2.24) is 9.62 Å². The molecule has 0 saturated carbocycles. The molecule has 0 unspecified atom stereocenters. The number of nitrogens with zero attached hydrogens (tertiary/aromatic N) is 1. The van der Waals surface area contributed by atoms with E-state index in [0.717, 1.165) is 15.6 Å². The zero-order valence-electron chi connectivity index (χ0n) is 16.8. The van der Waals surface area contributed by atoms with E-state index in [1.807, 2.05) is 62.4 Å². The lowest BCUT2D eigenvalue weighted by molar-refractivity contribution is -0.126. The number of nitrogens with one attached hydrogen (secondary N) is 1. The first kappa shape index (κ1) is 22.0. The number of halogens is 1. The van der Waals surface area contributed by atoms with Crippen LogP contribution in [-0.2, 0) is 20.6 Å². The minimum Gasteiger partial charge on any atom is -0.349 e. The minimum atomic E-state index is -3.38. The van der Waals surface area contributed by atoms with Crippen molar-refractivity contribution < 1.29 is 13.2 Å². The third-order valence-corrected chi connectivity index (χ3v) is 7.80. The van der Waals surface area contributed by atoms with Crippen LogP contribution in [0.3, 0.4) is 0 Å². The molecule has 0 aliphatic carbocycles. The van der Waals surface area contributed by atoms with Gasteiger partial charge in [-0.25, -0.2) is 12.7 Å². The Kier molecular flexibility index (Phi) is 7.14. The van der Waals surface area contributed by atoms with Crippen LogP contribution in [0.15, 0.2) is 53.0 Å². The second-order valence-electron chi connectivity index (χ2n) is 7.70. The third kappa shape index (κ3) is 5.90. The lowest BCUT2D eigenvalue weighted by atomic mass is 9.96. The van der Waals surface area contributed by atoms with Crippen molar-refractivity contribution in [2.75, 3.05) is 13.1 Å². The van der Waals surface area contributed by atoms with Gasteiger partial charge < -0.3 is 5.32 Å². The molecule has 3 rings (SSSR count). The number of piperidine rings is 1. The fourth-order valence-electron chi connectivity index (χ4n) is 3.55. The Bertz CT molecular complexity index is 935. The number of hydrogen-bond donors (Lipinski definition) is 1. The van der Waals surface area contributed by atoms with Crippen LogP contribution >= 0.6 is 15.9 Å². The van der Waals surface area contributed by atoms with E-state index in [-0.39, 0.29) is 23.6 Å². The van der Waals surface area contributed by atoms with E-state index in [2.05, 4.69) is 21.2 Å². The van der Waals surface area contributed by atoms with Gasteiger partial charge in [0.1, 0.15) is 0 Å². The SMILES string of the molecule is Cc1ccc([C@H](C)NC(=O)C2CCN(S(=O)(=O)Cc3ccc(Br)cc3)CC2)cc1. The number of amides is 1. The second-order valence-corrected chi connectivity index (χ2v) is 10.6. The summed E-state index contributed by atoms with van der Waals surface area (Å²) in [6.45, 7) is 4.78. The molecule has 1 fully saturated rings. The molecule has 1 aliphatic heterocycles. The highest BCUT2D eigenvalue weighted by Gasteiger charge is 2.31. The van der Waals surface area contributed by atoms with Crippen LogP contribution in [0.1, 0.15) is 42.5 Å². The highest BCUT2D eigenvalue weighted by Crippen LogP contribution is 2.23. The van der Waals surface area contributed by atoms with Crippen molar-refractivity contribution in [3.63, 3.8) is 0 Å². The van der Waals surface area contributed by atoms with E-state index in [9.17, 15) is 13.2 Å². The monoisotopic (exact) mass is 478 g/mol. The third-order valence-electron chi connectivity index (χ3n) is 5.42. The van der Waals surface area contributed by atoms with E-state index < -0.39 is 10.0 Å². The van der Waals surface area contributed by atoms with Gasteiger partial charge in [0.05, 0.1) is 11.8 Å². The first-order valence-electron chi connectivity index (χ1n) is 9.84. The highest BCUT2D eigenvalue weighted by atomic mass is 79.9. The van der Waals surface area contributed by atoms with Gasteiger partial charge in [0.15, 0.2) is 0 Å².